The van der Waals surface area contributed by atoms with E-state index in [0.717, 1.165) is 31.7 Å². The molecule has 7 nitrogen and oxygen atoms in total. The van der Waals surface area contributed by atoms with Crippen molar-refractivity contribution < 1.29 is 4.74 Å². The van der Waals surface area contributed by atoms with E-state index in [2.05, 4.69) is 20.5 Å². The van der Waals surface area contributed by atoms with E-state index < -0.39 is 0 Å². The predicted molar refractivity (Wildman–Crippen MR) is 78.7 cm³/mol. The van der Waals surface area contributed by atoms with Crippen LogP contribution in [0.1, 0.15) is 18.5 Å². The number of nitrogens with two attached hydrogens (primary N) is 1. The normalized spacial score (nSPS) is 19.6. The average Bonchev–Trinajstić information content (AvgIpc) is 2.95. The third-order valence-corrected chi connectivity index (χ3v) is 2.59. The molecule has 0 saturated carbocycles. The molecule has 1 atom stereocenters. The van der Waals surface area contributed by atoms with Crippen LogP contribution in [0, 0.1) is 0 Å². The highest BCUT2D eigenvalue weighted by atomic mass is 127. The second kappa shape index (κ2) is 7.52. The number of guanidine groups is 1. The molecule has 3 N–H and O–H groups in total. The van der Waals surface area contributed by atoms with Crippen molar-refractivity contribution in [1.82, 2.24) is 20.3 Å². The monoisotopic (exact) mass is 366 g/mol. The lowest BCUT2D eigenvalue weighted by Crippen LogP contribution is -2.37. The van der Waals surface area contributed by atoms with Gasteiger partial charge in [-0.3, -0.25) is 0 Å². The van der Waals surface area contributed by atoms with Crippen molar-refractivity contribution in [2.45, 2.75) is 25.5 Å². The molecule has 1 aliphatic heterocycles. The zero-order valence-corrected chi connectivity index (χ0v) is 12.7. The standard InChI is InChI=1S/C10H18N6O.HI/c1-16-14-6-8(15-16)5-12-10(11)13-7-9-3-2-4-17-9;/h6,9H,2-5,7H2,1H3,(H3,11,12,13);1H. The zero-order valence-electron chi connectivity index (χ0n) is 10.4. The molecule has 0 bridgehead atoms. The summed E-state index contributed by atoms with van der Waals surface area (Å²) < 4.78 is 5.47. The molecule has 1 unspecified atom stereocenters. The van der Waals surface area contributed by atoms with Crippen LogP contribution in [0.3, 0.4) is 0 Å². The molecule has 0 amide bonds. The van der Waals surface area contributed by atoms with Crippen molar-refractivity contribution >= 4 is 29.9 Å². The van der Waals surface area contributed by atoms with Crippen molar-refractivity contribution in [3.05, 3.63) is 11.9 Å². The van der Waals surface area contributed by atoms with Gasteiger partial charge in [-0.1, -0.05) is 0 Å². The number of aryl methyl sites for hydroxylation is 1. The van der Waals surface area contributed by atoms with Gasteiger partial charge in [-0.05, 0) is 12.8 Å². The fourth-order valence-electron chi connectivity index (χ4n) is 1.71. The van der Waals surface area contributed by atoms with Crippen molar-refractivity contribution in [2.75, 3.05) is 13.2 Å². The van der Waals surface area contributed by atoms with E-state index in [1.165, 1.54) is 4.80 Å². The Morgan fingerprint density at radius 1 is 1.72 bits per heavy atom. The Kier molecular flexibility index (Phi) is 6.33. The van der Waals surface area contributed by atoms with Crippen molar-refractivity contribution in [3.8, 4) is 0 Å². The summed E-state index contributed by atoms with van der Waals surface area (Å²) in [6.07, 6.45) is 4.16. The van der Waals surface area contributed by atoms with E-state index in [1.54, 1.807) is 13.2 Å². The Morgan fingerprint density at radius 3 is 3.17 bits per heavy atom. The maximum absolute atomic E-state index is 5.73. The summed E-state index contributed by atoms with van der Waals surface area (Å²) in [7, 11) is 1.77. The van der Waals surface area contributed by atoms with Gasteiger partial charge in [-0.15, -0.1) is 24.0 Å². The molecule has 0 aromatic carbocycles. The van der Waals surface area contributed by atoms with Crippen LogP contribution in [-0.2, 0) is 18.3 Å². The first-order valence-electron chi connectivity index (χ1n) is 5.74. The SMILES string of the molecule is Cn1ncc(CN=C(N)NCC2CCCO2)n1.I. The van der Waals surface area contributed by atoms with E-state index in [1.807, 2.05) is 0 Å². The minimum absolute atomic E-state index is 0. The van der Waals surface area contributed by atoms with Crippen molar-refractivity contribution in [3.63, 3.8) is 0 Å². The topological polar surface area (TPSA) is 90.4 Å². The summed E-state index contributed by atoms with van der Waals surface area (Å²) in [5.41, 5.74) is 6.54. The van der Waals surface area contributed by atoms with Gasteiger partial charge in [0.25, 0.3) is 0 Å². The molecule has 0 radical (unpaired) electrons. The van der Waals surface area contributed by atoms with Crippen LogP contribution in [0.2, 0.25) is 0 Å². The number of aliphatic imine (C=N–C) groups is 1. The second-order valence-electron chi connectivity index (χ2n) is 4.04. The molecule has 1 aliphatic rings. The lowest BCUT2D eigenvalue weighted by atomic mass is 10.2. The number of ether oxygens (including phenoxy) is 1. The third-order valence-electron chi connectivity index (χ3n) is 2.59. The van der Waals surface area contributed by atoms with Gasteiger partial charge in [-0.2, -0.15) is 15.0 Å². The minimum atomic E-state index is 0. The molecule has 0 spiro atoms. The maximum atomic E-state index is 5.73. The number of hydrogen-bond donors (Lipinski definition) is 2. The number of halogens is 1. The molecule has 0 aliphatic carbocycles. The van der Waals surface area contributed by atoms with Gasteiger partial charge in [0.1, 0.15) is 5.69 Å². The molecule has 2 rings (SSSR count). The molecule has 1 saturated heterocycles. The first-order chi connectivity index (χ1) is 8.24. The maximum Gasteiger partial charge on any atom is 0.189 e. The molecular weight excluding hydrogens is 347 g/mol. The zero-order chi connectivity index (χ0) is 12.1. The number of nitrogens with zero attached hydrogens (tertiary/aromatic N) is 4. The summed E-state index contributed by atoms with van der Waals surface area (Å²) in [4.78, 5) is 5.68. The summed E-state index contributed by atoms with van der Waals surface area (Å²) in [6.45, 7) is 2.01. The number of rotatable bonds is 4. The Labute approximate surface area is 123 Å². The second-order valence-corrected chi connectivity index (χ2v) is 4.04. The largest absolute Gasteiger partial charge is 0.376 e. The van der Waals surface area contributed by atoms with Crippen LogP contribution in [-0.4, -0.2) is 40.2 Å². The lowest BCUT2D eigenvalue weighted by molar-refractivity contribution is 0.114. The number of nitrogens with one attached hydrogen (secondary N) is 1. The van der Waals surface area contributed by atoms with E-state index in [9.17, 15) is 0 Å². The van der Waals surface area contributed by atoms with Gasteiger partial charge in [0.15, 0.2) is 5.96 Å². The van der Waals surface area contributed by atoms with Gasteiger partial charge < -0.3 is 15.8 Å². The highest BCUT2D eigenvalue weighted by molar-refractivity contribution is 14.0. The minimum Gasteiger partial charge on any atom is -0.376 e. The van der Waals surface area contributed by atoms with Gasteiger partial charge in [0.2, 0.25) is 0 Å². The smallest absolute Gasteiger partial charge is 0.189 e. The highest BCUT2D eigenvalue weighted by Gasteiger charge is 2.14. The molecule has 18 heavy (non-hydrogen) atoms. The van der Waals surface area contributed by atoms with E-state index in [0.29, 0.717) is 12.5 Å². The predicted octanol–water partition coefficient (Wildman–Crippen LogP) is 0.0164. The average molecular weight is 366 g/mol. The Morgan fingerprint density at radius 2 is 2.56 bits per heavy atom. The number of aromatic nitrogens is 3. The van der Waals surface area contributed by atoms with E-state index in [-0.39, 0.29) is 30.1 Å². The molecule has 8 heteroatoms. The Hall–Kier alpha value is -0.900. The quantitative estimate of drug-likeness (QED) is 0.445. The summed E-state index contributed by atoms with van der Waals surface area (Å²) >= 11 is 0. The first kappa shape index (κ1) is 15.2. The van der Waals surface area contributed by atoms with Gasteiger partial charge in [0.05, 0.1) is 18.8 Å². The van der Waals surface area contributed by atoms with Crippen LogP contribution < -0.4 is 11.1 Å². The van der Waals surface area contributed by atoms with E-state index >= 15 is 0 Å². The van der Waals surface area contributed by atoms with Gasteiger partial charge in [-0.25, -0.2) is 4.99 Å². The fraction of sp³-hybridized carbons (Fsp3) is 0.700. The van der Waals surface area contributed by atoms with Crippen molar-refractivity contribution in [1.29, 1.82) is 0 Å². The van der Waals surface area contributed by atoms with Gasteiger partial charge >= 0.3 is 0 Å². The van der Waals surface area contributed by atoms with Crippen LogP contribution in [0.4, 0.5) is 0 Å². The Bertz CT molecular complexity index is 387. The van der Waals surface area contributed by atoms with Crippen LogP contribution in [0.25, 0.3) is 0 Å². The summed E-state index contributed by atoms with van der Waals surface area (Å²) in [5.74, 6) is 0.422. The summed E-state index contributed by atoms with van der Waals surface area (Å²) in [5, 5.41) is 11.1. The molecule has 2 heterocycles. The third kappa shape index (κ3) is 4.77. The first-order valence-corrected chi connectivity index (χ1v) is 5.74. The van der Waals surface area contributed by atoms with Crippen molar-refractivity contribution in [2.24, 2.45) is 17.8 Å². The molecule has 1 aromatic heterocycles. The number of hydrogen-bond acceptors (Lipinski definition) is 4. The molecule has 1 aromatic rings. The highest BCUT2D eigenvalue weighted by Crippen LogP contribution is 2.10. The summed E-state index contributed by atoms with van der Waals surface area (Å²) in [6, 6.07) is 0. The fourth-order valence-corrected chi connectivity index (χ4v) is 1.71. The Balaban J connectivity index is 0.00000162. The van der Waals surface area contributed by atoms with Crippen LogP contribution in [0.15, 0.2) is 11.2 Å². The molecule has 1 fully saturated rings. The molecule has 102 valence electrons. The van der Waals surface area contributed by atoms with Crippen LogP contribution in [0.5, 0.6) is 0 Å². The van der Waals surface area contributed by atoms with Gasteiger partial charge in [0, 0.05) is 20.2 Å². The van der Waals surface area contributed by atoms with E-state index in [4.69, 9.17) is 10.5 Å². The molecular formula is C10H19IN6O. The van der Waals surface area contributed by atoms with Crippen LogP contribution >= 0.6 is 24.0 Å². The lowest BCUT2D eigenvalue weighted by Gasteiger charge is -2.10.